The number of aryl methyl sites for hydroxylation is 2. The van der Waals surface area contributed by atoms with Gasteiger partial charge >= 0.3 is 5.97 Å². The molecule has 4 rings (SSSR count). The van der Waals surface area contributed by atoms with Crippen LogP contribution in [0.15, 0.2) is 41.5 Å². The van der Waals surface area contributed by atoms with E-state index in [9.17, 15) is 4.79 Å². The van der Waals surface area contributed by atoms with Gasteiger partial charge in [-0.2, -0.15) is 5.10 Å². The fourth-order valence-electron chi connectivity index (χ4n) is 4.64. The van der Waals surface area contributed by atoms with Crippen LogP contribution in [0.1, 0.15) is 62.1 Å². The van der Waals surface area contributed by atoms with Gasteiger partial charge in [-0.05, 0) is 94.1 Å². The van der Waals surface area contributed by atoms with Crippen molar-refractivity contribution in [1.82, 2.24) is 5.43 Å². The first-order valence-corrected chi connectivity index (χ1v) is 12.6. The van der Waals surface area contributed by atoms with Crippen LogP contribution in [0, 0.1) is 13.8 Å². The minimum atomic E-state index is -0.402. The summed E-state index contributed by atoms with van der Waals surface area (Å²) in [6, 6.07) is 11.8. The number of anilines is 1. The van der Waals surface area contributed by atoms with Crippen molar-refractivity contribution in [2.24, 2.45) is 5.10 Å². The summed E-state index contributed by atoms with van der Waals surface area (Å²) in [6.45, 7) is 6.03. The van der Waals surface area contributed by atoms with Crippen molar-refractivity contribution >= 4 is 34.7 Å². The van der Waals surface area contributed by atoms with Crippen molar-refractivity contribution in [3.63, 3.8) is 0 Å². The second kappa shape index (κ2) is 11.1. The summed E-state index contributed by atoms with van der Waals surface area (Å²) in [7, 11) is 0. The van der Waals surface area contributed by atoms with Gasteiger partial charge in [0, 0.05) is 17.7 Å². The number of hydrogen-bond acceptors (Lipinski definition) is 6. The van der Waals surface area contributed by atoms with Crippen molar-refractivity contribution < 1.29 is 19.0 Å². The predicted molar refractivity (Wildman–Crippen MR) is 141 cm³/mol. The Morgan fingerprint density at radius 1 is 1.14 bits per heavy atom. The number of nitrogens with one attached hydrogen (secondary N) is 2. The molecule has 0 aromatic heterocycles. The van der Waals surface area contributed by atoms with E-state index in [1.807, 2.05) is 32.0 Å². The van der Waals surface area contributed by atoms with Crippen molar-refractivity contribution in [2.45, 2.75) is 64.9 Å². The number of fused-ring (bicyclic) bond motifs is 1. The lowest BCUT2D eigenvalue weighted by Gasteiger charge is -2.41. The van der Waals surface area contributed by atoms with Crippen LogP contribution < -0.4 is 20.2 Å². The third kappa shape index (κ3) is 6.31. The van der Waals surface area contributed by atoms with Gasteiger partial charge in [-0.15, -0.1) is 0 Å². The SMILES string of the molecule is CCOC(=O)COc1ccc2c(c1)/C(=N\NC(=S)Nc1cc(C)ccc1C)CC1(CCCCC1)O2. The highest BCUT2D eigenvalue weighted by molar-refractivity contribution is 7.80. The third-order valence-corrected chi connectivity index (χ3v) is 6.63. The number of thiocarbonyl (C=S) groups is 1. The quantitative estimate of drug-likeness (QED) is 0.315. The van der Waals surface area contributed by atoms with Gasteiger partial charge in [0.1, 0.15) is 17.1 Å². The molecular weight excluding hydrogens is 462 g/mol. The Bertz CT molecular complexity index is 1130. The van der Waals surface area contributed by atoms with Gasteiger partial charge in [0.2, 0.25) is 0 Å². The van der Waals surface area contributed by atoms with E-state index in [0.29, 0.717) is 23.9 Å². The first kappa shape index (κ1) is 25.0. The van der Waals surface area contributed by atoms with E-state index in [2.05, 4.69) is 28.9 Å². The Hall–Kier alpha value is -3.13. The van der Waals surface area contributed by atoms with Crippen LogP contribution in [-0.2, 0) is 9.53 Å². The van der Waals surface area contributed by atoms with Crippen molar-refractivity contribution in [2.75, 3.05) is 18.5 Å². The molecule has 7 nitrogen and oxygen atoms in total. The molecule has 186 valence electrons. The molecule has 2 aromatic carbocycles. The molecule has 8 heteroatoms. The van der Waals surface area contributed by atoms with Gasteiger partial charge < -0.3 is 19.5 Å². The van der Waals surface area contributed by atoms with E-state index in [4.69, 9.17) is 31.5 Å². The Kier molecular flexibility index (Phi) is 7.90. The topological polar surface area (TPSA) is 81.2 Å². The summed E-state index contributed by atoms with van der Waals surface area (Å²) in [5.41, 5.74) is 7.69. The maximum absolute atomic E-state index is 11.7. The largest absolute Gasteiger partial charge is 0.486 e. The molecule has 0 radical (unpaired) electrons. The average molecular weight is 496 g/mol. The highest BCUT2D eigenvalue weighted by atomic mass is 32.1. The molecule has 2 N–H and O–H groups in total. The normalized spacial score (nSPS) is 17.3. The Morgan fingerprint density at radius 2 is 1.94 bits per heavy atom. The van der Waals surface area contributed by atoms with Crippen LogP contribution in [0.25, 0.3) is 0 Å². The van der Waals surface area contributed by atoms with Crippen LogP contribution in [0.4, 0.5) is 5.69 Å². The van der Waals surface area contributed by atoms with Crippen molar-refractivity contribution in [3.8, 4) is 11.5 Å². The first-order chi connectivity index (χ1) is 16.9. The van der Waals surface area contributed by atoms with Crippen molar-refractivity contribution in [3.05, 3.63) is 53.1 Å². The summed E-state index contributed by atoms with van der Waals surface area (Å²) in [4.78, 5) is 11.7. The monoisotopic (exact) mass is 495 g/mol. The zero-order chi connectivity index (χ0) is 24.8. The molecule has 0 atom stereocenters. The molecule has 2 aliphatic rings. The van der Waals surface area contributed by atoms with E-state index in [1.54, 1.807) is 6.92 Å². The van der Waals surface area contributed by atoms with Gasteiger partial charge in [-0.1, -0.05) is 18.6 Å². The Morgan fingerprint density at radius 3 is 2.71 bits per heavy atom. The summed E-state index contributed by atoms with van der Waals surface area (Å²) < 4.78 is 17.2. The van der Waals surface area contributed by atoms with E-state index >= 15 is 0 Å². The van der Waals surface area contributed by atoms with Crippen LogP contribution in [0.2, 0.25) is 0 Å². The number of esters is 1. The van der Waals surface area contributed by atoms with Crippen LogP contribution in [0.3, 0.4) is 0 Å². The fourth-order valence-corrected chi connectivity index (χ4v) is 4.80. The second-order valence-corrected chi connectivity index (χ2v) is 9.63. The lowest BCUT2D eigenvalue weighted by molar-refractivity contribution is -0.145. The molecule has 35 heavy (non-hydrogen) atoms. The van der Waals surface area contributed by atoms with Crippen LogP contribution in [-0.4, -0.2) is 35.6 Å². The van der Waals surface area contributed by atoms with Crippen LogP contribution >= 0.6 is 12.2 Å². The Labute approximate surface area is 212 Å². The lowest BCUT2D eigenvalue weighted by atomic mass is 9.78. The number of ether oxygens (including phenoxy) is 3. The van der Waals surface area contributed by atoms with E-state index in [0.717, 1.165) is 59.5 Å². The smallest absolute Gasteiger partial charge is 0.344 e. The van der Waals surface area contributed by atoms with Gasteiger partial charge in [-0.3, -0.25) is 5.43 Å². The maximum atomic E-state index is 11.7. The number of rotatable bonds is 6. The number of carbonyl (C=O) groups excluding carboxylic acids is 1. The molecule has 1 spiro atoms. The average Bonchev–Trinajstić information content (AvgIpc) is 2.84. The molecule has 1 aliphatic carbocycles. The molecule has 0 unspecified atom stereocenters. The third-order valence-electron chi connectivity index (χ3n) is 6.44. The fraction of sp³-hybridized carbons (Fsp3) is 0.444. The van der Waals surface area contributed by atoms with E-state index in [1.165, 1.54) is 6.42 Å². The van der Waals surface area contributed by atoms with Gasteiger partial charge in [-0.25, -0.2) is 4.79 Å². The van der Waals surface area contributed by atoms with Crippen LogP contribution in [0.5, 0.6) is 11.5 Å². The number of hydrogen-bond donors (Lipinski definition) is 2. The number of benzene rings is 2. The predicted octanol–water partition coefficient (Wildman–Crippen LogP) is 5.42. The molecule has 0 bridgehead atoms. The summed E-state index contributed by atoms with van der Waals surface area (Å²) in [5.74, 6) is 0.931. The zero-order valence-electron chi connectivity index (χ0n) is 20.6. The summed E-state index contributed by atoms with van der Waals surface area (Å²) in [6.07, 6.45) is 6.19. The van der Waals surface area contributed by atoms with Gasteiger partial charge in [0.25, 0.3) is 0 Å². The molecule has 2 aromatic rings. The molecule has 1 fully saturated rings. The second-order valence-electron chi connectivity index (χ2n) is 9.22. The van der Waals surface area contributed by atoms with Gasteiger partial charge in [0.05, 0.1) is 12.3 Å². The number of nitrogens with zero attached hydrogens (tertiary/aromatic N) is 1. The molecular formula is C27H33N3O4S. The van der Waals surface area contributed by atoms with Gasteiger partial charge in [0.15, 0.2) is 11.7 Å². The number of carbonyl (C=O) groups is 1. The lowest BCUT2D eigenvalue weighted by Crippen LogP contribution is -2.44. The molecule has 0 amide bonds. The molecule has 0 saturated heterocycles. The summed E-state index contributed by atoms with van der Waals surface area (Å²) >= 11 is 5.54. The van der Waals surface area contributed by atoms with E-state index < -0.39 is 5.97 Å². The highest BCUT2D eigenvalue weighted by Gasteiger charge is 2.40. The standard InChI is InChI=1S/C27H33N3O4S/c1-4-32-25(31)17-33-20-10-11-24-21(15-20)23(16-27(34-24)12-6-5-7-13-27)29-30-26(35)28-22-14-18(2)8-9-19(22)3/h8-11,14-15H,4-7,12-13,16-17H2,1-3H3,(H2,28,30,35)/b29-23-. The first-order valence-electron chi connectivity index (χ1n) is 12.2. The highest BCUT2D eigenvalue weighted by Crippen LogP contribution is 2.43. The van der Waals surface area contributed by atoms with E-state index in [-0.39, 0.29) is 12.2 Å². The minimum absolute atomic E-state index is 0.147. The summed E-state index contributed by atoms with van der Waals surface area (Å²) in [5, 5.41) is 8.39. The molecule has 1 heterocycles. The Balaban J connectivity index is 1.55. The zero-order valence-corrected chi connectivity index (χ0v) is 21.4. The van der Waals surface area contributed by atoms with Crippen molar-refractivity contribution in [1.29, 1.82) is 0 Å². The maximum Gasteiger partial charge on any atom is 0.344 e. The number of hydrazone groups is 1. The molecule has 1 aliphatic heterocycles. The minimum Gasteiger partial charge on any atom is -0.486 e. The molecule has 1 saturated carbocycles.